The molecule has 0 bridgehead atoms. The van der Waals surface area contributed by atoms with E-state index in [0.29, 0.717) is 17.0 Å². The molecule has 1 aliphatic rings. The van der Waals surface area contributed by atoms with Gasteiger partial charge in [-0.2, -0.15) is 5.10 Å². The molecule has 3 heterocycles. The Bertz CT molecular complexity index is 1130. The number of aromatic nitrogens is 2. The molecule has 0 aromatic carbocycles. The zero-order valence-corrected chi connectivity index (χ0v) is 18.4. The molecule has 1 aliphatic heterocycles. The van der Waals surface area contributed by atoms with Crippen LogP contribution in [-0.4, -0.2) is 42.4 Å². The lowest BCUT2D eigenvalue weighted by Gasteiger charge is -2.13. The normalized spacial score (nSPS) is 14.7. The molecular weight excluding hydrogens is 430 g/mol. The van der Waals surface area contributed by atoms with Crippen LogP contribution < -0.4 is 10.9 Å². The summed E-state index contributed by atoms with van der Waals surface area (Å²) >= 11 is 1.05. The van der Waals surface area contributed by atoms with Crippen LogP contribution in [0.4, 0.5) is 5.00 Å². The van der Waals surface area contributed by atoms with E-state index in [0.717, 1.165) is 24.2 Å². The Morgan fingerprint density at radius 1 is 1.30 bits per heavy atom. The van der Waals surface area contributed by atoms with Gasteiger partial charge in [0.1, 0.15) is 10.7 Å². The molecule has 11 heteroatoms. The summed E-state index contributed by atoms with van der Waals surface area (Å²) in [4.78, 5) is 37.7. The van der Waals surface area contributed by atoms with Gasteiger partial charge in [0, 0.05) is 17.5 Å². The highest BCUT2D eigenvalue weighted by Crippen LogP contribution is 2.38. The first kappa shape index (κ1) is 22.2. The van der Waals surface area contributed by atoms with E-state index in [1.54, 1.807) is 6.92 Å². The maximum atomic E-state index is 12.8. The van der Waals surface area contributed by atoms with Crippen molar-refractivity contribution in [1.29, 1.82) is 0 Å². The first-order valence-electron chi connectivity index (χ1n) is 9.67. The van der Waals surface area contributed by atoms with Crippen LogP contribution in [0.5, 0.6) is 0 Å². The van der Waals surface area contributed by atoms with Crippen molar-refractivity contribution >= 4 is 38.1 Å². The molecule has 0 fully saturated rings. The van der Waals surface area contributed by atoms with Crippen molar-refractivity contribution in [2.24, 2.45) is 0 Å². The topological polar surface area (TPSA) is 124 Å². The Morgan fingerprint density at radius 3 is 2.77 bits per heavy atom. The summed E-state index contributed by atoms with van der Waals surface area (Å²) in [6.07, 6.45) is 1.81. The molecule has 0 spiro atoms. The number of carbonyl (C=O) groups excluding carboxylic acids is 2. The van der Waals surface area contributed by atoms with E-state index in [4.69, 9.17) is 4.74 Å². The van der Waals surface area contributed by atoms with Gasteiger partial charge >= 0.3 is 5.97 Å². The number of carbonyl (C=O) groups is 2. The molecule has 0 unspecified atom stereocenters. The Morgan fingerprint density at radius 2 is 2.07 bits per heavy atom. The molecule has 9 nitrogen and oxygen atoms in total. The average Bonchev–Trinajstić information content (AvgIpc) is 3.03. The van der Waals surface area contributed by atoms with Crippen LogP contribution in [0.15, 0.2) is 16.9 Å². The molecule has 0 saturated carbocycles. The molecule has 0 saturated heterocycles. The number of hydrogen-bond donors (Lipinski definition) is 1. The molecular formula is C19H23N3O6S2. The summed E-state index contributed by atoms with van der Waals surface area (Å²) in [5.41, 5.74) is 0.521. The van der Waals surface area contributed by atoms with Crippen molar-refractivity contribution in [3.8, 4) is 0 Å². The second-order valence-corrected chi connectivity index (χ2v) is 10.1. The van der Waals surface area contributed by atoms with Crippen LogP contribution in [0.25, 0.3) is 0 Å². The predicted molar refractivity (Wildman–Crippen MR) is 113 cm³/mol. The molecule has 0 radical (unpaired) electrons. The van der Waals surface area contributed by atoms with Crippen molar-refractivity contribution in [3.05, 3.63) is 44.2 Å². The summed E-state index contributed by atoms with van der Waals surface area (Å²) in [6.45, 7) is 4.20. The minimum atomic E-state index is -3.24. The van der Waals surface area contributed by atoms with Gasteiger partial charge in [0.25, 0.3) is 11.5 Å². The number of esters is 1. The van der Waals surface area contributed by atoms with Crippen LogP contribution in [0, 0.1) is 0 Å². The molecule has 2 aromatic rings. The first-order valence-corrected chi connectivity index (χ1v) is 12.3. The minimum Gasteiger partial charge on any atom is -0.462 e. The number of aryl methyl sites for hydroxylation is 1. The van der Waals surface area contributed by atoms with Crippen LogP contribution >= 0.6 is 11.3 Å². The van der Waals surface area contributed by atoms with Gasteiger partial charge in [-0.15, -0.1) is 11.3 Å². The van der Waals surface area contributed by atoms with Crippen LogP contribution in [0.3, 0.4) is 0 Å². The third kappa shape index (κ3) is 4.78. The smallest absolute Gasteiger partial charge is 0.341 e. The number of ether oxygens (including phenoxy) is 1. The number of nitrogens with zero attached hydrogens (tertiary/aromatic N) is 2. The van der Waals surface area contributed by atoms with Crippen LogP contribution in [-0.2, 0) is 33.3 Å². The Balaban J connectivity index is 1.94. The van der Waals surface area contributed by atoms with Gasteiger partial charge in [-0.05, 0) is 31.4 Å². The second kappa shape index (κ2) is 9.09. The Hall–Kier alpha value is -2.53. The number of thiophene rings is 1. The number of nitrogens with one attached hydrogen (secondary N) is 1. The fraction of sp³-hybridized carbons (Fsp3) is 0.474. The van der Waals surface area contributed by atoms with Crippen molar-refractivity contribution in [3.63, 3.8) is 0 Å². The Kier molecular flexibility index (Phi) is 6.71. The lowest BCUT2D eigenvalue weighted by Crippen LogP contribution is -2.26. The third-order valence-corrected chi connectivity index (χ3v) is 7.52. The number of fused-ring (bicyclic) bond motifs is 1. The number of unbranched alkanes of at least 4 members (excludes halogenated alkanes) is 1. The van der Waals surface area contributed by atoms with Gasteiger partial charge in [-0.25, -0.2) is 17.9 Å². The highest BCUT2D eigenvalue weighted by atomic mass is 32.2. The highest BCUT2D eigenvalue weighted by Gasteiger charge is 2.32. The molecule has 3 rings (SSSR count). The summed E-state index contributed by atoms with van der Waals surface area (Å²) in [7, 11) is -3.24. The molecule has 0 atom stereocenters. The average molecular weight is 454 g/mol. The van der Waals surface area contributed by atoms with Crippen molar-refractivity contribution in [2.45, 2.75) is 45.4 Å². The Labute approximate surface area is 178 Å². The van der Waals surface area contributed by atoms with E-state index in [-0.39, 0.29) is 46.4 Å². The van der Waals surface area contributed by atoms with Crippen molar-refractivity contribution in [1.82, 2.24) is 9.78 Å². The fourth-order valence-electron chi connectivity index (χ4n) is 3.14. The highest BCUT2D eigenvalue weighted by molar-refractivity contribution is 7.90. The van der Waals surface area contributed by atoms with E-state index in [1.807, 2.05) is 6.92 Å². The molecule has 162 valence electrons. The molecule has 30 heavy (non-hydrogen) atoms. The maximum absolute atomic E-state index is 12.8. The SMILES string of the molecule is CCCCn1nc(C(=O)Nc2sc3c(c2C(=O)OCC)CCS(=O)(=O)C3)ccc1=O. The number of anilines is 1. The third-order valence-electron chi connectivity index (χ3n) is 4.63. The minimum absolute atomic E-state index is 0.0273. The zero-order valence-electron chi connectivity index (χ0n) is 16.8. The largest absolute Gasteiger partial charge is 0.462 e. The molecule has 1 amide bonds. The van der Waals surface area contributed by atoms with E-state index >= 15 is 0 Å². The number of rotatable bonds is 7. The summed E-state index contributed by atoms with van der Waals surface area (Å²) in [5.74, 6) is -1.42. The van der Waals surface area contributed by atoms with Crippen molar-refractivity contribution in [2.75, 3.05) is 17.7 Å². The summed E-state index contributed by atoms with van der Waals surface area (Å²) < 4.78 is 30.3. The van der Waals surface area contributed by atoms with Gasteiger partial charge in [-0.3, -0.25) is 9.59 Å². The predicted octanol–water partition coefficient (Wildman–Crippen LogP) is 2.00. The first-order chi connectivity index (χ1) is 14.3. The van der Waals surface area contributed by atoms with Gasteiger partial charge in [0.05, 0.1) is 23.7 Å². The van der Waals surface area contributed by atoms with Crippen LogP contribution in [0.2, 0.25) is 0 Å². The van der Waals surface area contributed by atoms with Gasteiger partial charge in [-0.1, -0.05) is 13.3 Å². The fourth-order valence-corrected chi connectivity index (χ4v) is 6.17. The quantitative estimate of drug-likeness (QED) is 0.636. The van der Waals surface area contributed by atoms with Crippen LogP contribution in [0.1, 0.15) is 58.0 Å². The monoisotopic (exact) mass is 453 g/mol. The molecule has 1 N–H and O–H groups in total. The van der Waals surface area contributed by atoms with Crippen molar-refractivity contribution < 1.29 is 22.7 Å². The second-order valence-electron chi connectivity index (χ2n) is 6.86. The van der Waals surface area contributed by atoms with Gasteiger partial charge in [0.15, 0.2) is 9.84 Å². The molecule has 0 aliphatic carbocycles. The maximum Gasteiger partial charge on any atom is 0.341 e. The number of amides is 1. The number of hydrogen-bond acceptors (Lipinski definition) is 8. The van der Waals surface area contributed by atoms with E-state index in [1.165, 1.54) is 16.8 Å². The lowest BCUT2D eigenvalue weighted by molar-refractivity contribution is 0.0527. The standard InChI is InChI=1S/C19H23N3O6S2/c1-3-5-9-22-15(23)7-6-13(21-22)17(24)20-18-16(19(25)28-4-2)12-8-10-30(26,27)11-14(12)29-18/h6-7H,3-5,8-11H2,1-2H3,(H,20,24). The zero-order chi connectivity index (χ0) is 21.9. The molecule has 2 aromatic heterocycles. The van der Waals surface area contributed by atoms with Gasteiger partial charge < -0.3 is 10.1 Å². The van der Waals surface area contributed by atoms with Gasteiger partial charge in [0.2, 0.25) is 0 Å². The van der Waals surface area contributed by atoms with E-state index in [9.17, 15) is 22.8 Å². The van der Waals surface area contributed by atoms with E-state index < -0.39 is 21.7 Å². The number of sulfone groups is 1. The van der Waals surface area contributed by atoms with E-state index in [2.05, 4.69) is 10.4 Å². The lowest BCUT2D eigenvalue weighted by atomic mass is 10.1. The summed E-state index contributed by atoms with van der Waals surface area (Å²) in [5, 5.41) is 7.00. The summed E-state index contributed by atoms with van der Waals surface area (Å²) in [6, 6.07) is 2.60.